The Morgan fingerprint density at radius 3 is 2.58 bits per heavy atom. The van der Waals surface area contributed by atoms with E-state index in [1.165, 1.54) is 10.5 Å². The van der Waals surface area contributed by atoms with Crippen molar-refractivity contribution in [3.8, 4) is 0 Å². The Labute approximate surface area is 114 Å². The second-order valence-corrected chi connectivity index (χ2v) is 7.01. The molecule has 19 heavy (non-hydrogen) atoms. The van der Waals surface area contributed by atoms with Crippen molar-refractivity contribution < 1.29 is 8.42 Å². The van der Waals surface area contributed by atoms with Crippen LogP contribution in [0.25, 0.3) is 0 Å². The number of sulfonamides is 1. The molecule has 0 amide bonds. The third kappa shape index (κ3) is 2.82. The van der Waals surface area contributed by atoms with E-state index in [1.54, 1.807) is 14.0 Å². The van der Waals surface area contributed by atoms with Crippen LogP contribution in [0.1, 0.15) is 25.5 Å². The van der Waals surface area contributed by atoms with Gasteiger partial charge in [0.2, 0.25) is 10.0 Å². The maximum Gasteiger partial charge on any atom is 0.246 e. The molecule has 7 heteroatoms. The SMILES string of the molecule is CCN1CCC(N(C)S(=O)(=O)c2cn[nH]c2C)CC1. The van der Waals surface area contributed by atoms with Gasteiger partial charge in [0, 0.05) is 13.1 Å². The van der Waals surface area contributed by atoms with Crippen LogP contribution in [0.4, 0.5) is 0 Å². The van der Waals surface area contributed by atoms with Gasteiger partial charge in [-0.15, -0.1) is 0 Å². The van der Waals surface area contributed by atoms with E-state index in [0.29, 0.717) is 5.69 Å². The molecule has 2 rings (SSSR count). The van der Waals surface area contributed by atoms with Gasteiger partial charge in [-0.25, -0.2) is 8.42 Å². The van der Waals surface area contributed by atoms with Crippen LogP contribution >= 0.6 is 0 Å². The minimum Gasteiger partial charge on any atom is -0.303 e. The number of likely N-dealkylation sites (tertiary alicyclic amines) is 1. The number of aromatic amines is 1. The van der Waals surface area contributed by atoms with Crippen LogP contribution in [0.2, 0.25) is 0 Å². The van der Waals surface area contributed by atoms with Gasteiger partial charge in [-0.2, -0.15) is 9.40 Å². The lowest BCUT2D eigenvalue weighted by molar-refractivity contribution is 0.176. The molecule has 2 heterocycles. The number of nitrogens with one attached hydrogen (secondary N) is 1. The second-order valence-electron chi connectivity index (χ2n) is 5.05. The van der Waals surface area contributed by atoms with Gasteiger partial charge in [0.1, 0.15) is 4.90 Å². The van der Waals surface area contributed by atoms with E-state index in [1.807, 2.05) is 0 Å². The average Bonchev–Trinajstić information content (AvgIpc) is 2.85. The van der Waals surface area contributed by atoms with Gasteiger partial charge < -0.3 is 4.90 Å². The highest BCUT2D eigenvalue weighted by atomic mass is 32.2. The number of hydrogen-bond donors (Lipinski definition) is 1. The van der Waals surface area contributed by atoms with Gasteiger partial charge in [0.05, 0.1) is 11.9 Å². The van der Waals surface area contributed by atoms with E-state index < -0.39 is 10.0 Å². The number of hydrogen-bond acceptors (Lipinski definition) is 4. The molecule has 1 N–H and O–H groups in total. The molecule has 0 unspecified atom stereocenters. The molecule has 0 atom stereocenters. The first-order chi connectivity index (χ1) is 8.96. The molecule has 0 radical (unpaired) electrons. The Bertz CT molecular complexity index is 518. The van der Waals surface area contributed by atoms with Crippen molar-refractivity contribution in [2.75, 3.05) is 26.7 Å². The third-order valence-electron chi connectivity index (χ3n) is 3.96. The van der Waals surface area contributed by atoms with Crippen LogP contribution < -0.4 is 0 Å². The minimum absolute atomic E-state index is 0.0853. The van der Waals surface area contributed by atoms with Gasteiger partial charge in [-0.1, -0.05) is 6.92 Å². The highest BCUT2D eigenvalue weighted by molar-refractivity contribution is 7.89. The number of aryl methyl sites for hydroxylation is 1. The van der Waals surface area contributed by atoms with E-state index in [2.05, 4.69) is 22.0 Å². The summed E-state index contributed by atoms with van der Waals surface area (Å²) in [5.41, 5.74) is 0.595. The number of piperidine rings is 1. The zero-order valence-corrected chi connectivity index (χ0v) is 12.6. The van der Waals surface area contributed by atoms with Gasteiger partial charge >= 0.3 is 0 Å². The maximum absolute atomic E-state index is 12.5. The van der Waals surface area contributed by atoms with Crippen molar-refractivity contribution >= 4 is 10.0 Å². The molecular weight excluding hydrogens is 264 g/mol. The van der Waals surface area contributed by atoms with Crippen LogP contribution in [0.15, 0.2) is 11.1 Å². The molecule has 108 valence electrons. The van der Waals surface area contributed by atoms with Crippen LogP contribution in [0, 0.1) is 6.92 Å². The van der Waals surface area contributed by atoms with Crippen LogP contribution in [0.5, 0.6) is 0 Å². The fourth-order valence-corrected chi connectivity index (χ4v) is 4.08. The Hall–Kier alpha value is -0.920. The summed E-state index contributed by atoms with van der Waals surface area (Å²) in [5, 5.41) is 6.49. The predicted molar refractivity (Wildman–Crippen MR) is 73.4 cm³/mol. The summed E-state index contributed by atoms with van der Waals surface area (Å²) >= 11 is 0. The zero-order valence-electron chi connectivity index (χ0n) is 11.8. The molecule has 0 bridgehead atoms. The van der Waals surface area contributed by atoms with Crippen molar-refractivity contribution in [1.29, 1.82) is 0 Å². The lowest BCUT2D eigenvalue weighted by Crippen LogP contribution is -2.45. The quantitative estimate of drug-likeness (QED) is 0.890. The highest BCUT2D eigenvalue weighted by Gasteiger charge is 2.32. The van der Waals surface area contributed by atoms with Gasteiger partial charge in [0.15, 0.2) is 0 Å². The Balaban J connectivity index is 2.12. The lowest BCUT2D eigenvalue weighted by Gasteiger charge is -2.35. The van der Waals surface area contributed by atoms with Gasteiger partial charge in [-0.3, -0.25) is 5.10 Å². The monoisotopic (exact) mass is 286 g/mol. The fourth-order valence-electron chi connectivity index (χ4n) is 2.55. The van der Waals surface area contributed by atoms with E-state index >= 15 is 0 Å². The van der Waals surface area contributed by atoms with Gasteiger partial charge in [-0.05, 0) is 39.4 Å². The fraction of sp³-hybridized carbons (Fsp3) is 0.750. The lowest BCUT2D eigenvalue weighted by atomic mass is 10.1. The number of nitrogens with zero attached hydrogens (tertiary/aromatic N) is 3. The maximum atomic E-state index is 12.5. The third-order valence-corrected chi connectivity index (χ3v) is 5.98. The largest absolute Gasteiger partial charge is 0.303 e. The van der Waals surface area contributed by atoms with Crippen molar-refractivity contribution in [1.82, 2.24) is 19.4 Å². The summed E-state index contributed by atoms with van der Waals surface area (Å²) in [6, 6.07) is 0.0853. The van der Waals surface area contributed by atoms with Crippen molar-refractivity contribution in [2.24, 2.45) is 0 Å². The molecular formula is C12H22N4O2S. The van der Waals surface area contributed by atoms with Crippen LogP contribution in [-0.4, -0.2) is 60.5 Å². The highest BCUT2D eigenvalue weighted by Crippen LogP contribution is 2.23. The molecule has 0 aromatic carbocycles. The predicted octanol–water partition coefficient (Wildman–Crippen LogP) is 0.823. The van der Waals surface area contributed by atoms with Crippen molar-refractivity contribution in [3.63, 3.8) is 0 Å². The molecule has 1 aliphatic rings. The standard InChI is InChI=1S/C12H22N4O2S/c1-4-16-7-5-11(6-8-16)15(3)19(17,18)12-9-13-14-10(12)2/h9,11H,4-8H2,1-3H3,(H,13,14). The van der Waals surface area contributed by atoms with E-state index in [4.69, 9.17) is 0 Å². The molecule has 1 fully saturated rings. The first-order valence-corrected chi connectivity index (χ1v) is 8.11. The summed E-state index contributed by atoms with van der Waals surface area (Å²) in [6.07, 6.45) is 3.17. The summed E-state index contributed by atoms with van der Waals surface area (Å²) in [4.78, 5) is 2.63. The first kappa shape index (κ1) is 14.5. The Morgan fingerprint density at radius 2 is 2.11 bits per heavy atom. The second kappa shape index (κ2) is 5.60. The van der Waals surface area contributed by atoms with E-state index in [-0.39, 0.29) is 10.9 Å². The van der Waals surface area contributed by atoms with Crippen molar-refractivity contribution in [3.05, 3.63) is 11.9 Å². The number of rotatable bonds is 4. The first-order valence-electron chi connectivity index (χ1n) is 6.67. The molecule has 6 nitrogen and oxygen atoms in total. The van der Waals surface area contributed by atoms with E-state index in [9.17, 15) is 8.42 Å². The zero-order chi connectivity index (χ0) is 14.0. The van der Waals surface area contributed by atoms with Gasteiger partial charge in [0.25, 0.3) is 0 Å². The summed E-state index contributed by atoms with van der Waals surface area (Å²) in [5.74, 6) is 0. The molecule has 0 aliphatic carbocycles. The molecule has 1 saturated heterocycles. The number of H-pyrrole nitrogens is 1. The minimum atomic E-state index is -3.43. The normalized spacial score (nSPS) is 19.2. The summed E-state index contributed by atoms with van der Waals surface area (Å²) in [6.45, 7) is 6.82. The smallest absolute Gasteiger partial charge is 0.246 e. The molecule has 1 aromatic rings. The topological polar surface area (TPSA) is 69.3 Å². The van der Waals surface area contributed by atoms with E-state index in [0.717, 1.165) is 32.5 Å². The van der Waals surface area contributed by atoms with Crippen molar-refractivity contribution in [2.45, 2.75) is 37.6 Å². The summed E-state index contributed by atoms with van der Waals surface area (Å²) < 4.78 is 26.5. The number of aromatic nitrogens is 2. The molecule has 1 aliphatic heterocycles. The Kier molecular flexibility index (Phi) is 4.27. The van der Waals surface area contributed by atoms with Crippen LogP contribution in [-0.2, 0) is 10.0 Å². The summed E-state index contributed by atoms with van der Waals surface area (Å²) in [7, 11) is -1.75. The van der Waals surface area contributed by atoms with Crippen LogP contribution in [0.3, 0.4) is 0 Å². The molecule has 0 spiro atoms. The molecule has 1 aromatic heterocycles. The average molecular weight is 286 g/mol. The molecule has 0 saturated carbocycles. The Morgan fingerprint density at radius 1 is 1.47 bits per heavy atom.